The first-order chi connectivity index (χ1) is 21.5. The lowest BCUT2D eigenvalue weighted by Crippen LogP contribution is -2.26. The van der Waals surface area contributed by atoms with Gasteiger partial charge in [0.2, 0.25) is 27.1 Å². The maximum absolute atomic E-state index is 12.7. The molecule has 248 valence electrons. The number of aryl methyl sites for hydroxylation is 4. The van der Waals surface area contributed by atoms with Crippen LogP contribution in [0.2, 0.25) is 0 Å². The molecule has 0 atom stereocenters. The number of hydrogen-bond donors (Lipinski definition) is 8. The van der Waals surface area contributed by atoms with Crippen molar-refractivity contribution in [2.75, 3.05) is 0 Å². The van der Waals surface area contributed by atoms with E-state index >= 15 is 0 Å². The van der Waals surface area contributed by atoms with Gasteiger partial charge in [0.1, 0.15) is 25.6 Å². The summed E-state index contributed by atoms with van der Waals surface area (Å²) in [5, 5.41) is 58.6. The average Bonchev–Trinajstić information content (AvgIpc) is 2.97. The van der Waals surface area contributed by atoms with Crippen molar-refractivity contribution in [3.63, 3.8) is 0 Å². The Balaban J connectivity index is 0.000000254. The summed E-state index contributed by atoms with van der Waals surface area (Å²) in [6, 6.07) is 3.23. The SMILES string of the molecule is C[n+]1ccc(CP(=O)(O)Cc2cc[n+](C)cc2O)c(O)c1.Cc1ncc(CO)c(CP(=O)(O)Cc2c(CO)cnc(C)c2O)c1O. The molecule has 4 heterocycles. The van der Waals surface area contributed by atoms with E-state index in [-0.39, 0.29) is 69.0 Å². The molecule has 4 aromatic rings. The largest absolute Gasteiger partial charge is 0.506 e. The zero-order valence-electron chi connectivity index (χ0n) is 25.9. The van der Waals surface area contributed by atoms with E-state index in [1.54, 1.807) is 61.6 Å². The number of aromatic hydroxyl groups is 4. The molecule has 0 saturated heterocycles. The first-order valence-corrected chi connectivity index (χ1v) is 18.0. The number of aromatic nitrogens is 4. The van der Waals surface area contributed by atoms with Crippen LogP contribution in [0.25, 0.3) is 0 Å². The van der Waals surface area contributed by atoms with Gasteiger partial charge in [-0.1, -0.05) is 0 Å². The topological polar surface area (TPSA) is 230 Å². The highest BCUT2D eigenvalue weighted by molar-refractivity contribution is 7.56. The van der Waals surface area contributed by atoms with Gasteiger partial charge in [0.25, 0.3) is 0 Å². The normalized spacial score (nSPS) is 11.7. The molecule has 0 amide bonds. The van der Waals surface area contributed by atoms with Gasteiger partial charge in [-0.2, -0.15) is 0 Å². The van der Waals surface area contributed by atoms with E-state index in [0.717, 1.165) is 0 Å². The molecule has 4 rings (SSSR count). The first-order valence-electron chi connectivity index (χ1n) is 14.0. The molecule has 0 aliphatic carbocycles. The van der Waals surface area contributed by atoms with Crippen LogP contribution < -0.4 is 9.13 Å². The van der Waals surface area contributed by atoms with Crippen LogP contribution in [0.4, 0.5) is 0 Å². The van der Waals surface area contributed by atoms with E-state index in [2.05, 4.69) is 9.97 Å². The number of nitrogens with zero attached hydrogens (tertiary/aromatic N) is 4. The molecule has 0 radical (unpaired) electrons. The fourth-order valence-electron chi connectivity index (χ4n) is 4.62. The Hall–Kier alpha value is -3.90. The molecular weight excluding hydrogens is 638 g/mol. The minimum absolute atomic E-state index is 0.0158. The van der Waals surface area contributed by atoms with Crippen LogP contribution in [0.15, 0.2) is 49.3 Å². The highest BCUT2D eigenvalue weighted by Crippen LogP contribution is 2.52. The summed E-state index contributed by atoms with van der Waals surface area (Å²) in [5.41, 5.74) is 2.22. The molecule has 0 aliphatic heterocycles. The molecule has 0 saturated carbocycles. The second-order valence-electron chi connectivity index (χ2n) is 11.1. The summed E-state index contributed by atoms with van der Waals surface area (Å²) >= 11 is 0. The maximum Gasteiger partial charge on any atom is 0.211 e. The third kappa shape index (κ3) is 9.56. The maximum atomic E-state index is 12.7. The lowest BCUT2D eigenvalue weighted by Gasteiger charge is -2.18. The quantitative estimate of drug-likeness (QED) is 0.0892. The van der Waals surface area contributed by atoms with Gasteiger partial charge in [0.15, 0.2) is 23.9 Å². The van der Waals surface area contributed by atoms with E-state index in [1.165, 1.54) is 24.8 Å². The molecule has 46 heavy (non-hydrogen) atoms. The Morgan fingerprint density at radius 3 is 1.30 bits per heavy atom. The van der Waals surface area contributed by atoms with E-state index in [0.29, 0.717) is 11.1 Å². The minimum atomic E-state index is -3.91. The van der Waals surface area contributed by atoms with Gasteiger partial charge in [-0.15, -0.1) is 0 Å². The zero-order chi connectivity index (χ0) is 34.4. The van der Waals surface area contributed by atoms with E-state index in [4.69, 9.17) is 0 Å². The second-order valence-corrected chi connectivity index (χ2v) is 15.7. The van der Waals surface area contributed by atoms with Gasteiger partial charge in [-0.3, -0.25) is 19.1 Å². The second kappa shape index (κ2) is 15.1. The molecule has 14 nitrogen and oxygen atoms in total. The number of pyridine rings is 4. The van der Waals surface area contributed by atoms with Gasteiger partial charge in [0.05, 0.1) is 49.2 Å². The Labute approximate surface area is 266 Å². The third-order valence-corrected chi connectivity index (χ3v) is 10.5. The summed E-state index contributed by atoms with van der Waals surface area (Å²) in [4.78, 5) is 28.4. The average molecular weight is 679 g/mol. The monoisotopic (exact) mass is 678 g/mol. The van der Waals surface area contributed by atoms with Gasteiger partial charge in [0, 0.05) is 57.9 Å². The number of hydrogen-bond acceptors (Lipinski definition) is 10. The van der Waals surface area contributed by atoms with Crippen molar-refractivity contribution < 1.29 is 58.7 Å². The molecule has 4 aromatic heterocycles. The van der Waals surface area contributed by atoms with Crippen molar-refractivity contribution in [1.82, 2.24) is 9.97 Å². The van der Waals surface area contributed by atoms with Crippen LogP contribution in [0.5, 0.6) is 23.0 Å². The van der Waals surface area contributed by atoms with Crippen molar-refractivity contribution in [2.45, 2.75) is 51.7 Å². The molecule has 8 N–H and O–H groups in total. The van der Waals surface area contributed by atoms with E-state index in [9.17, 15) is 49.6 Å². The van der Waals surface area contributed by atoms with Crippen LogP contribution >= 0.6 is 14.7 Å². The molecular formula is C30H40N4O10P2+2. The third-order valence-electron chi connectivity index (χ3n) is 7.18. The highest BCUT2D eigenvalue weighted by atomic mass is 31.2. The summed E-state index contributed by atoms with van der Waals surface area (Å²) in [6.45, 7) is 2.23. The van der Waals surface area contributed by atoms with Crippen LogP contribution in [0, 0.1) is 13.8 Å². The summed E-state index contributed by atoms with van der Waals surface area (Å²) in [6.07, 6.45) is 7.98. The Bertz CT molecular complexity index is 1700. The van der Waals surface area contributed by atoms with Crippen molar-refractivity contribution in [1.29, 1.82) is 0 Å². The smallest absolute Gasteiger partial charge is 0.211 e. The van der Waals surface area contributed by atoms with E-state index in [1.807, 2.05) is 0 Å². The predicted octanol–water partition coefficient (Wildman–Crippen LogP) is 2.18. The molecule has 0 aliphatic rings. The minimum Gasteiger partial charge on any atom is -0.506 e. The lowest BCUT2D eigenvalue weighted by molar-refractivity contribution is -0.672. The first kappa shape index (κ1) is 36.6. The highest BCUT2D eigenvalue weighted by Gasteiger charge is 2.28. The predicted molar refractivity (Wildman–Crippen MR) is 166 cm³/mol. The molecule has 0 unspecified atom stereocenters. The molecule has 16 heteroatoms. The Morgan fingerprint density at radius 1 is 0.630 bits per heavy atom. The van der Waals surface area contributed by atoms with Gasteiger partial charge in [-0.05, 0) is 13.8 Å². The number of rotatable bonds is 10. The van der Waals surface area contributed by atoms with Gasteiger partial charge < -0.3 is 40.4 Å². The summed E-state index contributed by atoms with van der Waals surface area (Å²) < 4.78 is 28.4. The van der Waals surface area contributed by atoms with Crippen molar-refractivity contribution in [3.05, 3.63) is 94.1 Å². The van der Waals surface area contributed by atoms with Crippen LogP contribution in [0.1, 0.15) is 44.8 Å². The van der Waals surface area contributed by atoms with Crippen molar-refractivity contribution >= 4 is 14.7 Å². The standard InChI is InChI=1S/C16H21N2O6P.C14H17N2O4P/c1-9-15(21)13(11(5-19)3-17-9)7-25(23,24)8-14-12(6-20)4-18-10(2)16(14)22;1-15-5-3-11(13(17)7-15)9-21(19,20)10-12-4-6-16(2)8-14(12)18/h3-4,19-22H,5-8H2,1-2H3,(H,23,24);3-8H,9-10H2,1-2H3,(H-2,17,18,19,20)/p+2. The van der Waals surface area contributed by atoms with Crippen LogP contribution in [-0.2, 0) is 61.1 Å². The molecule has 0 bridgehead atoms. The molecule has 0 spiro atoms. The van der Waals surface area contributed by atoms with E-state index < -0.39 is 40.3 Å². The summed E-state index contributed by atoms with van der Waals surface area (Å²) in [7, 11) is -3.96. The van der Waals surface area contributed by atoms with Crippen LogP contribution in [0.3, 0.4) is 0 Å². The van der Waals surface area contributed by atoms with Gasteiger partial charge >= 0.3 is 0 Å². The molecule has 0 aromatic carbocycles. The molecule has 0 fully saturated rings. The Morgan fingerprint density at radius 2 is 0.978 bits per heavy atom. The van der Waals surface area contributed by atoms with Crippen molar-refractivity contribution in [3.8, 4) is 23.0 Å². The summed E-state index contributed by atoms with van der Waals surface area (Å²) in [5.74, 6) is -0.507. The lowest BCUT2D eigenvalue weighted by atomic mass is 10.1. The van der Waals surface area contributed by atoms with Gasteiger partial charge in [-0.25, -0.2) is 9.13 Å². The fraction of sp³-hybridized carbons (Fsp3) is 0.333. The number of aliphatic hydroxyl groups is 2. The van der Waals surface area contributed by atoms with Crippen LogP contribution in [-0.4, -0.2) is 50.4 Å². The Kier molecular flexibility index (Phi) is 12.0. The van der Waals surface area contributed by atoms with Crippen molar-refractivity contribution in [2.24, 2.45) is 14.1 Å². The number of aliphatic hydroxyl groups excluding tert-OH is 2. The fourth-order valence-corrected chi connectivity index (χ4v) is 8.14. The zero-order valence-corrected chi connectivity index (χ0v) is 27.7.